The predicted octanol–water partition coefficient (Wildman–Crippen LogP) is 6.19. The third-order valence-electron chi connectivity index (χ3n) is 5.55. The smallest absolute Gasteiger partial charge is 0.261 e. The van der Waals surface area contributed by atoms with Gasteiger partial charge in [-0.05, 0) is 99.1 Å². The Morgan fingerprint density at radius 3 is 2.27 bits per heavy atom. The molecule has 1 amide bonds. The van der Waals surface area contributed by atoms with Gasteiger partial charge in [0, 0.05) is 11.4 Å². The first-order chi connectivity index (χ1) is 17.6. The van der Waals surface area contributed by atoms with Crippen molar-refractivity contribution in [3.63, 3.8) is 0 Å². The summed E-state index contributed by atoms with van der Waals surface area (Å²) in [6.45, 7) is 7.93. The van der Waals surface area contributed by atoms with Crippen molar-refractivity contribution in [2.45, 2.75) is 58.0 Å². The van der Waals surface area contributed by atoms with E-state index in [0.717, 1.165) is 30.4 Å². The Labute approximate surface area is 224 Å². The van der Waals surface area contributed by atoms with Gasteiger partial charge in [0.2, 0.25) is 0 Å². The molecule has 9 heteroatoms. The van der Waals surface area contributed by atoms with Crippen LogP contribution in [0.4, 0.5) is 11.4 Å². The standard InChI is InChI=1S/C28H33N3O4S2/c1-5-6-9-21(4)35-26-11-8-7-10-25(26)27(32)30-28(36)29-22-12-14-24(15-13-22)37(33,34)31-23-17-19(2)16-20(3)18-23/h7-8,10-18,21,31H,5-6,9H2,1-4H3,(H2,29,30,32,36). The third kappa shape index (κ3) is 8.30. The van der Waals surface area contributed by atoms with Gasteiger partial charge in [0.15, 0.2) is 5.11 Å². The first-order valence-electron chi connectivity index (χ1n) is 12.2. The van der Waals surface area contributed by atoms with Crippen LogP contribution >= 0.6 is 12.2 Å². The van der Waals surface area contributed by atoms with E-state index < -0.39 is 15.9 Å². The summed E-state index contributed by atoms with van der Waals surface area (Å²) in [6, 6.07) is 18.7. The lowest BCUT2D eigenvalue weighted by Gasteiger charge is -2.17. The number of para-hydroxylation sites is 1. The number of benzene rings is 3. The molecule has 1 unspecified atom stereocenters. The van der Waals surface area contributed by atoms with Gasteiger partial charge < -0.3 is 10.1 Å². The van der Waals surface area contributed by atoms with E-state index in [0.29, 0.717) is 22.7 Å². The maximum Gasteiger partial charge on any atom is 0.261 e. The summed E-state index contributed by atoms with van der Waals surface area (Å²) in [5, 5.41) is 5.66. The van der Waals surface area contributed by atoms with E-state index in [9.17, 15) is 13.2 Å². The second kappa shape index (κ2) is 12.7. The zero-order chi connectivity index (χ0) is 27.0. The molecule has 7 nitrogen and oxygen atoms in total. The molecule has 0 heterocycles. The molecule has 3 N–H and O–H groups in total. The van der Waals surface area contributed by atoms with Crippen molar-refractivity contribution in [1.82, 2.24) is 5.32 Å². The highest BCUT2D eigenvalue weighted by Gasteiger charge is 2.17. The van der Waals surface area contributed by atoms with Crippen molar-refractivity contribution in [2.75, 3.05) is 10.0 Å². The monoisotopic (exact) mass is 539 g/mol. The van der Waals surface area contributed by atoms with Gasteiger partial charge in [-0.1, -0.05) is 38.0 Å². The van der Waals surface area contributed by atoms with Gasteiger partial charge in [0.25, 0.3) is 15.9 Å². The van der Waals surface area contributed by atoms with Crippen LogP contribution < -0.4 is 20.1 Å². The Kier molecular flexibility index (Phi) is 9.66. The fraction of sp³-hybridized carbons (Fsp3) is 0.286. The van der Waals surface area contributed by atoms with Crippen LogP contribution in [0.2, 0.25) is 0 Å². The number of sulfonamides is 1. The fourth-order valence-corrected chi connectivity index (χ4v) is 5.07. The average molecular weight is 540 g/mol. The molecular formula is C28H33N3O4S2. The summed E-state index contributed by atoms with van der Waals surface area (Å²) >= 11 is 5.30. The van der Waals surface area contributed by atoms with E-state index >= 15 is 0 Å². The second-order valence-corrected chi connectivity index (χ2v) is 11.1. The first-order valence-corrected chi connectivity index (χ1v) is 14.1. The molecule has 0 aromatic heterocycles. The Morgan fingerprint density at radius 2 is 1.62 bits per heavy atom. The van der Waals surface area contributed by atoms with Crippen molar-refractivity contribution in [3.8, 4) is 5.75 Å². The number of thiocarbonyl (C=S) groups is 1. The van der Waals surface area contributed by atoms with Gasteiger partial charge >= 0.3 is 0 Å². The van der Waals surface area contributed by atoms with E-state index in [1.807, 2.05) is 32.9 Å². The number of carbonyl (C=O) groups is 1. The molecule has 0 spiro atoms. The number of ether oxygens (including phenoxy) is 1. The molecule has 37 heavy (non-hydrogen) atoms. The Hall–Kier alpha value is -3.43. The van der Waals surface area contributed by atoms with Crippen LogP contribution in [-0.2, 0) is 10.0 Å². The maximum absolute atomic E-state index is 12.9. The molecule has 0 fully saturated rings. The van der Waals surface area contributed by atoms with Crippen LogP contribution in [0.3, 0.4) is 0 Å². The summed E-state index contributed by atoms with van der Waals surface area (Å²) in [4.78, 5) is 13.0. The van der Waals surface area contributed by atoms with E-state index in [1.54, 1.807) is 42.5 Å². The van der Waals surface area contributed by atoms with Crippen molar-refractivity contribution in [2.24, 2.45) is 0 Å². The molecule has 0 saturated carbocycles. The summed E-state index contributed by atoms with van der Waals surface area (Å²) in [6.07, 6.45) is 3.01. The number of rotatable bonds is 10. The normalized spacial score (nSPS) is 11.9. The SMILES string of the molecule is CCCCC(C)Oc1ccccc1C(=O)NC(=S)Nc1ccc(S(=O)(=O)Nc2cc(C)cc(C)c2)cc1. The average Bonchev–Trinajstić information content (AvgIpc) is 2.82. The quantitative estimate of drug-likeness (QED) is 0.266. The van der Waals surface area contributed by atoms with Crippen LogP contribution in [0.1, 0.15) is 54.6 Å². The van der Waals surface area contributed by atoms with Gasteiger partial charge in [-0.3, -0.25) is 14.8 Å². The van der Waals surface area contributed by atoms with Crippen LogP contribution in [0.5, 0.6) is 5.75 Å². The molecule has 0 aliphatic carbocycles. The van der Waals surface area contributed by atoms with Crippen LogP contribution in [0.15, 0.2) is 71.6 Å². The summed E-state index contributed by atoms with van der Waals surface area (Å²) in [7, 11) is -3.76. The molecule has 3 rings (SSSR count). The van der Waals surface area contributed by atoms with Crippen molar-refractivity contribution < 1.29 is 17.9 Å². The second-order valence-electron chi connectivity index (χ2n) is 8.98. The fourth-order valence-electron chi connectivity index (χ4n) is 3.82. The molecule has 3 aromatic rings. The van der Waals surface area contributed by atoms with E-state index in [-0.39, 0.29) is 16.1 Å². The highest BCUT2D eigenvalue weighted by molar-refractivity contribution is 7.92. The lowest BCUT2D eigenvalue weighted by atomic mass is 10.1. The largest absolute Gasteiger partial charge is 0.490 e. The number of nitrogens with one attached hydrogen (secondary N) is 3. The number of carbonyl (C=O) groups excluding carboxylic acids is 1. The van der Waals surface area contributed by atoms with E-state index in [1.165, 1.54) is 12.1 Å². The number of hydrogen-bond donors (Lipinski definition) is 3. The number of unbranched alkanes of at least 4 members (excludes halogenated alkanes) is 1. The highest BCUT2D eigenvalue weighted by atomic mass is 32.2. The molecule has 0 radical (unpaired) electrons. The zero-order valence-electron chi connectivity index (χ0n) is 21.5. The maximum atomic E-state index is 12.9. The minimum absolute atomic E-state index is 0.0156. The highest BCUT2D eigenvalue weighted by Crippen LogP contribution is 2.22. The van der Waals surface area contributed by atoms with Crippen LogP contribution in [0.25, 0.3) is 0 Å². The van der Waals surface area contributed by atoms with Crippen LogP contribution in [0, 0.1) is 13.8 Å². The molecule has 1 atom stereocenters. The van der Waals surface area contributed by atoms with Gasteiger partial charge in [0.05, 0.1) is 16.6 Å². The molecule has 0 aliphatic heterocycles. The molecule has 0 saturated heterocycles. The Morgan fingerprint density at radius 1 is 0.973 bits per heavy atom. The zero-order valence-corrected chi connectivity index (χ0v) is 23.1. The molecule has 0 bridgehead atoms. The minimum Gasteiger partial charge on any atom is -0.490 e. The molecule has 0 aliphatic rings. The molecule has 196 valence electrons. The van der Waals surface area contributed by atoms with Crippen molar-refractivity contribution >= 4 is 44.6 Å². The van der Waals surface area contributed by atoms with E-state index in [4.69, 9.17) is 17.0 Å². The molecular weight excluding hydrogens is 506 g/mol. The first kappa shape index (κ1) is 28.1. The molecule has 3 aromatic carbocycles. The van der Waals surface area contributed by atoms with Gasteiger partial charge in [-0.15, -0.1) is 0 Å². The van der Waals surface area contributed by atoms with Gasteiger partial charge in [-0.2, -0.15) is 0 Å². The topological polar surface area (TPSA) is 96.5 Å². The predicted molar refractivity (Wildman–Crippen MR) is 153 cm³/mol. The summed E-state index contributed by atoms with van der Waals surface area (Å²) < 4.78 is 34.2. The number of hydrogen-bond acceptors (Lipinski definition) is 5. The van der Waals surface area contributed by atoms with Gasteiger partial charge in [-0.25, -0.2) is 8.42 Å². The number of anilines is 2. The third-order valence-corrected chi connectivity index (χ3v) is 7.15. The summed E-state index contributed by atoms with van der Waals surface area (Å²) in [5.74, 6) is 0.102. The lowest BCUT2D eigenvalue weighted by Crippen LogP contribution is -2.34. The van der Waals surface area contributed by atoms with Gasteiger partial charge in [0.1, 0.15) is 5.75 Å². The number of amides is 1. The summed E-state index contributed by atoms with van der Waals surface area (Å²) in [5.41, 5.74) is 3.36. The number of aryl methyl sites for hydroxylation is 2. The van der Waals surface area contributed by atoms with E-state index in [2.05, 4.69) is 22.3 Å². The Bertz CT molecular complexity index is 1340. The minimum atomic E-state index is -3.76. The van der Waals surface area contributed by atoms with Crippen LogP contribution in [-0.4, -0.2) is 25.5 Å². The van der Waals surface area contributed by atoms with Crippen molar-refractivity contribution in [3.05, 3.63) is 83.4 Å². The Balaban J connectivity index is 1.62. The lowest BCUT2D eigenvalue weighted by molar-refractivity contribution is 0.0970. The van der Waals surface area contributed by atoms with Crippen molar-refractivity contribution in [1.29, 1.82) is 0 Å².